The maximum absolute atomic E-state index is 10.8. The predicted molar refractivity (Wildman–Crippen MR) is 118 cm³/mol. The first-order valence-corrected chi connectivity index (χ1v) is 10.2. The number of piperazine rings is 1. The number of non-ortho nitro benzene ring substituents is 1. The summed E-state index contributed by atoms with van der Waals surface area (Å²) in [7, 11) is 1.66. The molecule has 3 heterocycles. The molecule has 0 atom stereocenters. The van der Waals surface area contributed by atoms with E-state index in [2.05, 4.69) is 19.9 Å². The monoisotopic (exact) mass is 419 g/mol. The van der Waals surface area contributed by atoms with Crippen LogP contribution in [0, 0.1) is 10.1 Å². The highest BCUT2D eigenvalue weighted by molar-refractivity contribution is 6.08. The van der Waals surface area contributed by atoms with E-state index in [1.165, 1.54) is 4.90 Å². The molecule has 1 fully saturated rings. The van der Waals surface area contributed by atoms with Gasteiger partial charge in [0, 0.05) is 28.6 Å². The molecule has 2 aromatic carbocycles. The molecule has 0 spiro atoms. The van der Waals surface area contributed by atoms with Crippen LogP contribution in [0.15, 0.2) is 48.8 Å². The molecule has 2 aromatic heterocycles. The average Bonchev–Trinajstić information content (AvgIpc) is 3.18. The van der Waals surface area contributed by atoms with Gasteiger partial charge in [-0.15, -0.1) is 0 Å². The van der Waals surface area contributed by atoms with E-state index in [4.69, 9.17) is 4.74 Å². The highest BCUT2D eigenvalue weighted by atomic mass is 16.6. The van der Waals surface area contributed by atoms with Crippen molar-refractivity contribution in [3.63, 3.8) is 0 Å². The molecule has 0 radical (unpaired) electrons. The Morgan fingerprint density at radius 2 is 1.94 bits per heavy atom. The number of hydrogen-bond acceptors (Lipinski definition) is 6. The maximum atomic E-state index is 10.8. The normalized spacial score (nSPS) is 14.9. The second kappa shape index (κ2) is 7.84. The van der Waals surface area contributed by atoms with E-state index in [-0.39, 0.29) is 10.6 Å². The van der Waals surface area contributed by atoms with Crippen molar-refractivity contribution < 1.29 is 14.6 Å². The SMILES string of the molecule is COc1ccc2[nH]c3c(N4CC[NH+](Cc5ccc([N+](=O)[O-])cc5)CC4)ncnc3c2c1. The second-order valence-corrected chi connectivity index (χ2v) is 7.79. The highest BCUT2D eigenvalue weighted by Gasteiger charge is 2.24. The molecule has 9 nitrogen and oxygen atoms in total. The minimum atomic E-state index is -0.363. The standard InChI is InChI=1S/C22H22N6O3/c1-31-17-6-7-19-18(12-17)20-21(25-19)22(24-14-23-20)27-10-8-26(9-11-27)13-15-2-4-16(5-3-15)28(29)30/h2-7,12,14,25H,8-11,13H2,1H3/p+1. The third-order valence-electron chi connectivity index (χ3n) is 5.94. The van der Waals surface area contributed by atoms with Crippen molar-refractivity contribution in [3.8, 4) is 5.75 Å². The van der Waals surface area contributed by atoms with E-state index in [0.717, 1.165) is 71.8 Å². The summed E-state index contributed by atoms with van der Waals surface area (Å²) < 4.78 is 5.36. The van der Waals surface area contributed by atoms with Gasteiger partial charge in [0.05, 0.1) is 38.2 Å². The molecule has 1 aliphatic heterocycles. The number of H-pyrrole nitrogens is 1. The Balaban J connectivity index is 1.32. The van der Waals surface area contributed by atoms with Crippen molar-refractivity contribution in [2.75, 3.05) is 38.2 Å². The summed E-state index contributed by atoms with van der Waals surface area (Å²) in [5.41, 5.74) is 4.11. The van der Waals surface area contributed by atoms with Crippen LogP contribution in [0.2, 0.25) is 0 Å². The van der Waals surface area contributed by atoms with Gasteiger partial charge >= 0.3 is 0 Å². The number of benzene rings is 2. The Bertz CT molecular complexity index is 1250. The summed E-state index contributed by atoms with van der Waals surface area (Å²) in [5.74, 6) is 1.73. The van der Waals surface area contributed by atoms with Crippen molar-refractivity contribution in [1.82, 2.24) is 15.0 Å². The van der Waals surface area contributed by atoms with E-state index < -0.39 is 0 Å². The second-order valence-electron chi connectivity index (χ2n) is 7.79. The molecule has 0 saturated carbocycles. The zero-order chi connectivity index (χ0) is 21.4. The molecule has 158 valence electrons. The number of quaternary nitrogens is 1. The third kappa shape index (κ3) is 3.64. The predicted octanol–water partition coefficient (Wildman–Crippen LogP) is 1.93. The smallest absolute Gasteiger partial charge is 0.269 e. The number of ether oxygens (including phenoxy) is 1. The van der Waals surface area contributed by atoms with E-state index in [0.29, 0.717) is 0 Å². The van der Waals surface area contributed by atoms with Crippen molar-refractivity contribution in [2.45, 2.75) is 6.54 Å². The number of nitrogens with zero attached hydrogens (tertiary/aromatic N) is 4. The quantitative estimate of drug-likeness (QED) is 0.379. The summed E-state index contributed by atoms with van der Waals surface area (Å²) >= 11 is 0. The number of aromatic nitrogens is 3. The first-order chi connectivity index (χ1) is 15.1. The molecule has 4 aromatic rings. The Hall–Kier alpha value is -3.72. The number of nitro benzene ring substituents is 1. The highest BCUT2D eigenvalue weighted by Crippen LogP contribution is 2.31. The van der Waals surface area contributed by atoms with Gasteiger partial charge in [0.2, 0.25) is 0 Å². The van der Waals surface area contributed by atoms with Crippen LogP contribution in [0.4, 0.5) is 11.5 Å². The summed E-state index contributed by atoms with van der Waals surface area (Å²) in [5, 5.41) is 11.9. The number of anilines is 1. The Labute approximate surface area is 178 Å². The van der Waals surface area contributed by atoms with Gasteiger partial charge in [-0.25, -0.2) is 9.97 Å². The number of aromatic amines is 1. The fourth-order valence-corrected chi connectivity index (χ4v) is 4.26. The van der Waals surface area contributed by atoms with Crippen LogP contribution >= 0.6 is 0 Å². The van der Waals surface area contributed by atoms with Crippen molar-refractivity contribution in [3.05, 3.63) is 64.5 Å². The van der Waals surface area contributed by atoms with E-state index in [1.54, 1.807) is 25.6 Å². The van der Waals surface area contributed by atoms with Crippen molar-refractivity contribution >= 4 is 33.4 Å². The van der Waals surface area contributed by atoms with Crippen LogP contribution in [0.1, 0.15) is 5.56 Å². The minimum Gasteiger partial charge on any atom is -0.497 e. The molecule has 0 amide bonds. The molecule has 2 N–H and O–H groups in total. The van der Waals surface area contributed by atoms with E-state index in [1.807, 2.05) is 30.3 Å². The number of methoxy groups -OCH3 is 1. The third-order valence-corrected chi connectivity index (χ3v) is 5.94. The molecule has 31 heavy (non-hydrogen) atoms. The van der Waals surface area contributed by atoms with Crippen molar-refractivity contribution in [1.29, 1.82) is 0 Å². The Morgan fingerprint density at radius 1 is 1.16 bits per heavy atom. The lowest BCUT2D eigenvalue weighted by atomic mass is 10.2. The average molecular weight is 419 g/mol. The van der Waals surface area contributed by atoms with Gasteiger partial charge in [0.15, 0.2) is 5.82 Å². The zero-order valence-electron chi connectivity index (χ0n) is 17.2. The lowest BCUT2D eigenvalue weighted by Crippen LogP contribution is -3.13. The van der Waals surface area contributed by atoms with E-state index in [9.17, 15) is 10.1 Å². The van der Waals surface area contributed by atoms with Crippen LogP contribution in [0.5, 0.6) is 5.75 Å². The zero-order valence-corrected chi connectivity index (χ0v) is 17.2. The fraction of sp³-hybridized carbons (Fsp3) is 0.273. The lowest BCUT2D eigenvalue weighted by molar-refractivity contribution is -0.914. The number of nitro groups is 1. The molecule has 5 rings (SSSR count). The lowest BCUT2D eigenvalue weighted by Gasteiger charge is -2.33. The Morgan fingerprint density at radius 3 is 2.65 bits per heavy atom. The van der Waals surface area contributed by atoms with Gasteiger partial charge in [-0.2, -0.15) is 0 Å². The summed E-state index contributed by atoms with van der Waals surface area (Å²) in [6.07, 6.45) is 1.63. The van der Waals surface area contributed by atoms with Gasteiger partial charge in [-0.05, 0) is 30.3 Å². The summed E-state index contributed by atoms with van der Waals surface area (Å²) in [6, 6.07) is 12.8. The van der Waals surface area contributed by atoms with Crippen LogP contribution < -0.4 is 14.5 Å². The molecule has 0 aliphatic carbocycles. The van der Waals surface area contributed by atoms with Gasteiger partial charge in [0.1, 0.15) is 29.7 Å². The van der Waals surface area contributed by atoms with Gasteiger partial charge in [0.25, 0.3) is 5.69 Å². The topological polar surface area (TPSA) is 102 Å². The summed E-state index contributed by atoms with van der Waals surface area (Å²) in [6.45, 7) is 4.56. The van der Waals surface area contributed by atoms with Crippen LogP contribution in [0.3, 0.4) is 0 Å². The van der Waals surface area contributed by atoms with Crippen molar-refractivity contribution in [2.24, 2.45) is 0 Å². The fourth-order valence-electron chi connectivity index (χ4n) is 4.26. The van der Waals surface area contributed by atoms with Gasteiger partial charge in [-0.3, -0.25) is 10.1 Å². The van der Waals surface area contributed by atoms with Gasteiger partial charge < -0.3 is 19.5 Å². The molecular weight excluding hydrogens is 396 g/mol. The van der Waals surface area contributed by atoms with Crippen LogP contribution in [-0.2, 0) is 6.54 Å². The largest absolute Gasteiger partial charge is 0.497 e. The minimum absolute atomic E-state index is 0.132. The molecule has 1 saturated heterocycles. The van der Waals surface area contributed by atoms with Gasteiger partial charge in [-0.1, -0.05) is 0 Å². The molecular formula is C22H23N6O3+. The first-order valence-electron chi connectivity index (χ1n) is 10.2. The molecule has 1 aliphatic rings. The molecule has 9 heteroatoms. The first kappa shape index (κ1) is 19.3. The Kier molecular flexibility index (Phi) is 4.87. The molecule has 0 bridgehead atoms. The number of fused-ring (bicyclic) bond motifs is 3. The summed E-state index contributed by atoms with van der Waals surface area (Å²) in [4.78, 5) is 26.8. The molecule has 0 unspecified atom stereocenters. The number of hydrogen-bond donors (Lipinski definition) is 2. The number of nitrogens with one attached hydrogen (secondary N) is 2. The van der Waals surface area contributed by atoms with E-state index >= 15 is 0 Å². The van der Waals surface area contributed by atoms with Crippen LogP contribution in [0.25, 0.3) is 21.9 Å². The maximum Gasteiger partial charge on any atom is 0.269 e. The number of rotatable bonds is 5. The van der Waals surface area contributed by atoms with Crippen LogP contribution in [-0.4, -0.2) is 53.2 Å².